The lowest BCUT2D eigenvalue weighted by atomic mass is 10.1. The Bertz CT molecular complexity index is 1090. The average molecular weight is 512 g/mol. The molecule has 3 rings (SSSR count). The Hall–Kier alpha value is -4.15. The molecule has 0 spiro atoms. The van der Waals surface area contributed by atoms with E-state index in [0.717, 1.165) is 12.8 Å². The van der Waals surface area contributed by atoms with Crippen LogP contribution in [0.2, 0.25) is 0 Å². The Morgan fingerprint density at radius 3 is 2.78 bits per heavy atom. The van der Waals surface area contributed by atoms with Crippen LogP contribution in [0.4, 0.5) is 10.5 Å². The number of aromatic nitrogens is 1. The number of anilines is 1. The number of carbonyl (C=O) groups is 4. The van der Waals surface area contributed by atoms with Crippen LogP contribution in [-0.2, 0) is 14.3 Å². The first-order chi connectivity index (χ1) is 17.9. The van der Waals surface area contributed by atoms with Gasteiger partial charge in [0.2, 0.25) is 5.91 Å². The van der Waals surface area contributed by atoms with Gasteiger partial charge in [0.1, 0.15) is 12.4 Å². The predicted molar refractivity (Wildman–Crippen MR) is 136 cm³/mol. The van der Waals surface area contributed by atoms with E-state index in [-0.39, 0.29) is 44.3 Å². The highest BCUT2D eigenvalue weighted by molar-refractivity contribution is 6.01. The Labute approximate surface area is 215 Å². The maximum absolute atomic E-state index is 13.3. The number of rotatable bonds is 11. The number of urea groups is 1. The monoisotopic (exact) mass is 511 g/mol. The topological polar surface area (TPSA) is 139 Å². The molecule has 0 saturated carbocycles. The molecule has 1 aliphatic rings. The smallest absolute Gasteiger partial charge is 0.319 e. The number of nitrogens with zero attached hydrogens (tertiary/aromatic N) is 2. The summed E-state index contributed by atoms with van der Waals surface area (Å²) >= 11 is 0. The second-order valence-electron chi connectivity index (χ2n) is 8.44. The van der Waals surface area contributed by atoms with Gasteiger partial charge in [-0.2, -0.15) is 0 Å². The van der Waals surface area contributed by atoms with Gasteiger partial charge in [-0.1, -0.05) is 19.4 Å². The van der Waals surface area contributed by atoms with Crippen molar-refractivity contribution in [2.45, 2.75) is 39.2 Å². The van der Waals surface area contributed by atoms with Gasteiger partial charge in [0.15, 0.2) is 0 Å². The summed E-state index contributed by atoms with van der Waals surface area (Å²) in [7, 11) is 0. The zero-order valence-electron chi connectivity index (χ0n) is 21.1. The van der Waals surface area contributed by atoms with Crippen molar-refractivity contribution in [2.24, 2.45) is 0 Å². The highest BCUT2D eigenvalue weighted by Crippen LogP contribution is 2.26. The normalized spacial score (nSPS) is 13.5. The average Bonchev–Trinajstić information content (AvgIpc) is 3.03. The van der Waals surface area contributed by atoms with Gasteiger partial charge < -0.3 is 30.3 Å². The van der Waals surface area contributed by atoms with Gasteiger partial charge in [0.05, 0.1) is 37.7 Å². The Morgan fingerprint density at radius 1 is 1.22 bits per heavy atom. The van der Waals surface area contributed by atoms with Gasteiger partial charge in [-0.15, -0.1) is 0 Å². The number of hydrogen-bond acceptors (Lipinski definition) is 7. The zero-order valence-corrected chi connectivity index (χ0v) is 21.1. The second kappa shape index (κ2) is 13.8. The fraction of sp³-hybridized carbons (Fsp3) is 0.423. The van der Waals surface area contributed by atoms with Crippen LogP contribution in [0.3, 0.4) is 0 Å². The molecule has 11 nitrogen and oxygen atoms in total. The summed E-state index contributed by atoms with van der Waals surface area (Å²) in [6, 6.07) is 7.25. The maximum atomic E-state index is 13.3. The second-order valence-corrected chi connectivity index (χ2v) is 8.44. The Morgan fingerprint density at radius 2 is 2.05 bits per heavy atom. The molecule has 0 bridgehead atoms. The van der Waals surface area contributed by atoms with Gasteiger partial charge in [-0.05, 0) is 43.2 Å². The van der Waals surface area contributed by atoms with E-state index in [1.165, 1.54) is 11.0 Å². The minimum Gasteiger partial charge on any atom is -0.491 e. The Balaban J connectivity index is 1.68. The molecule has 37 heavy (non-hydrogen) atoms. The molecule has 0 saturated heterocycles. The van der Waals surface area contributed by atoms with E-state index < -0.39 is 23.8 Å². The van der Waals surface area contributed by atoms with Gasteiger partial charge in [0, 0.05) is 24.6 Å². The highest BCUT2D eigenvalue weighted by Gasteiger charge is 2.27. The number of ether oxygens (including phenoxy) is 2. The molecule has 2 aromatic rings. The van der Waals surface area contributed by atoms with Crippen LogP contribution in [0.15, 0.2) is 42.7 Å². The van der Waals surface area contributed by atoms with Crippen molar-refractivity contribution in [3.05, 3.63) is 53.9 Å². The van der Waals surface area contributed by atoms with Gasteiger partial charge in [-0.25, -0.2) is 4.79 Å². The van der Waals surface area contributed by atoms with Crippen molar-refractivity contribution in [1.29, 1.82) is 0 Å². The van der Waals surface area contributed by atoms with Crippen LogP contribution in [0.25, 0.3) is 0 Å². The first-order valence-electron chi connectivity index (χ1n) is 12.4. The molecular formula is C26H33N5O6. The summed E-state index contributed by atoms with van der Waals surface area (Å²) in [5.74, 6) is -0.926. The number of unbranched alkanes of at least 4 members (excludes halogenated alkanes) is 1. The van der Waals surface area contributed by atoms with Gasteiger partial charge >= 0.3 is 12.0 Å². The molecule has 2 heterocycles. The molecule has 0 radical (unpaired) electrons. The molecule has 3 N–H and O–H groups in total. The molecular weight excluding hydrogens is 478 g/mol. The first kappa shape index (κ1) is 27.4. The maximum Gasteiger partial charge on any atom is 0.319 e. The fourth-order valence-electron chi connectivity index (χ4n) is 3.78. The number of benzene rings is 1. The number of carbonyl (C=O) groups excluding carboxylic acids is 4. The number of esters is 1. The van der Waals surface area contributed by atoms with Gasteiger partial charge in [0.25, 0.3) is 5.91 Å². The van der Waals surface area contributed by atoms with E-state index in [0.29, 0.717) is 23.5 Å². The van der Waals surface area contributed by atoms with E-state index in [4.69, 9.17) is 9.47 Å². The van der Waals surface area contributed by atoms with Crippen molar-refractivity contribution in [3.8, 4) is 5.75 Å². The van der Waals surface area contributed by atoms with E-state index in [9.17, 15) is 19.2 Å². The molecule has 4 amide bonds. The fourth-order valence-corrected chi connectivity index (χ4v) is 3.78. The summed E-state index contributed by atoms with van der Waals surface area (Å²) in [6.07, 6.45) is 4.92. The van der Waals surface area contributed by atoms with Crippen molar-refractivity contribution in [3.63, 3.8) is 0 Å². The molecule has 1 aliphatic heterocycles. The zero-order chi connectivity index (χ0) is 26.6. The quantitative estimate of drug-likeness (QED) is 0.311. The number of pyridine rings is 1. The molecule has 1 atom stereocenters. The lowest BCUT2D eigenvalue weighted by Gasteiger charge is -2.23. The van der Waals surface area contributed by atoms with Crippen LogP contribution in [0, 0.1) is 0 Å². The van der Waals surface area contributed by atoms with Crippen LogP contribution >= 0.6 is 0 Å². The van der Waals surface area contributed by atoms with E-state index in [2.05, 4.69) is 20.9 Å². The number of hydrogen-bond donors (Lipinski definition) is 3. The van der Waals surface area contributed by atoms with E-state index in [1.807, 2.05) is 6.92 Å². The molecule has 1 aromatic carbocycles. The van der Waals surface area contributed by atoms with Crippen molar-refractivity contribution < 1.29 is 28.7 Å². The molecule has 0 aliphatic carbocycles. The van der Waals surface area contributed by atoms with Gasteiger partial charge in [-0.3, -0.25) is 19.4 Å². The summed E-state index contributed by atoms with van der Waals surface area (Å²) < 4.78 is 10.7. The highest BCUT2D eigenvalue weighted by atomic mass is 16.5. The third kappa shape index (κ3) is 8.19. The minimum absolute atomic E-state index is 0.0689. The van der Waals surface area contributed by atoms with Crippen LogP contribution in [-0.4, -0.2) is 66.5 Å². The summed E-state index contributed by atoms with van der Waals surface area (Å²) in [6.45, 7) is 4.67. The number of fused-ring (bicyclic) bond motifs is 1. The van der Waals surface area contributed by atoms with Crippen molar-refractivity contribution in [1.82, 2.24) is 20.5 Å². The summed E-state index contributed by atoms with van der Waals surface area (Å²) in [5, 5.41) is 8.29. The largest absolute Gasteiger partial charge is 0.491 e. The van der Waals surface area contributed by atoms with Crippen LogP contribution in [0.1, 0.15) is 55.1 Å². The third-order valence-electron chi connectivity index (χ3n) is 5.62. The third-order valence-corrected chi connectivity index (χ3v) is 5.62. The molecule has 11 heteroatoms. The standard InChI is InChI=1S/C26H33N5O6/c1-3-5-11-28-26(35)29-19-8-9-22-20(14-19)25(34)31(12-13-37-22)17-23(32)30-21(15-24(33)36-4-2)18-7-6-10-27-16-18/h6-10,14,16,21H,3-5,11-13,15,17H2,1-2H3,(H,30,32)(H2,28,29,35). The SMILES string of the molecule is CCCCNC(=O)Nc1ccc2c(c1)C(=O)N(CC(=O)NC(CC(=O)OCC)c1cccnc1)CCO2. The molecule has 198 valence electrons. The van der Waals surface area contributed by atoms with Crippen LogP contribution in [0.5, 0.6) is 5.75 Å². The molecule has 0 fully saturated rings. The van der Waals surface area contributed by atoms with E-state index in [1.54, 1.807) is 43.6 Å². The summed E-state index contributed by atoms with van der Waals surface area (Å²) in [4.78, 5) is 55.9. The first-order valence-corrected chi connectivity index (χ1v) is 12.4. The lowest BCUT2D eigenvalue weighted by Crippen LogP contribution is -2.43. The van der Waals surface area contributed by atoms with Crippen LogP contribution < -0.4 is 20.7 Å². The summed E-state index contributed by atoms with van der Waals surface area (Å²) in [5.41, 5.74) is 1.32. The Kier molecular flexibility index (Phi) is 10.2. The molecule has 1 unspecified atom stereocenters. The molecule has 1 aromatic heterocycles. The minimum atomic E-state index is -0.659. The lowest BCUT2D eigenvalue weighted by molar-refractivity contribution is -0.143. The number of amides is 4. The number of nitrogens with one attached hydrogen (secondary N) is 3. The van der Waals surface area contributed by atoms with Crippen molar-refractivity contribution in [2.75, 3.05) is 38.2 Å². The van der Waals surface area contributed by atoms with Crippen molar-refractivity contribution >= 4 is 29.5 Å². The predicted octanol–water partition coefficient (Wildman–Crippen LogP) is 2.65. The van der Waals surface area contributed by atoms with E-state index >= 15 is 0 Å².